The highest BCUT2D eigenvalue weighted by atomic mass is 16.5. The van der Waals surface area contributed by atoms with E-state index >= 15 is 0 Å². The Labute approximate surface area is 98.6 Å². The summed E-state index contributed by atoms with van der Waals surface area (Å²) in [5.74, 6) is -0.150. The summed E-state index contributed by atoms with van der Waals surface area (Å²) in [6, 6.07) is 5.73. The number of esters is 1. The van der Waals surface area contributed by atoms with E-state index in [4.69, 9.17) is 9.15 Å². The summed E-state index contributed by atoms with van der Waals surface area (Å²) in [4.78, 5) is 16.0. The largest absolute Gasteiger partial charge is 0.468 e. The Morgan fingerprint density at radius 3 is 2.94 bits per heavy atom. The molecule has 3 rings (SSSR count). The quantitative estimate of drug-likeness (QED) is 0.745. The van der Waals surface area contributed by atoms with Gasteiger partial charge in [-0.25, -0.2) is 4.98 Å². The lowest BCUT2D eigenvalue weighted by molar-refractivity contribution is -0.151. The second-order valence-corrected chi connectivity index (χ2v) is 4.46. The molecule has 1 aromatic heterocycles. The Balaban J connectivity index is 2.09. The standard InChI is InChI=1S/C13H13NO3/c1-16-12(15)13(5-2-6-13)9-3-4-10-11(7-9)17-8-14-10/h3-4,7-8H,2,5-6H2,1H3. The topological polar surface area (TPSA) is 52.3 Å². The molecule has 1 aliphatic rings. The fraction of sp³-hybridized carbons (Fsp3) is 0.385. The van der Waals surface area contributed by atoms with Crippen LogP contribution in [0.25, 0.3) is 11.1 Å². The third-order valence-electron chi connectivity index (χ3n) is 3.67. The van der Waals surface area contributed by atoms with Gasteiger partial charge in [0.05, 0.1) is 12.5 Å². The van der Waals surface area contributed by atoms with Crippen LogP contribution in [0.1, 0.15) is 24.8 Å². The predicted molar refractivity (Wildman–Crippen MR) is 61.6 cm³/mol. The van der Waals surface area contributed by atoms with Crippen molar-refractivity contribution in [3.05, 3.63) is 30.2 Å². The molecule has 0 saturated heterocycles. The van der Waals surface area contributed by atoms with Gasteiger partial charge in [0.1, 0.15) is 5.52 Å². The van der Waals surface area contributed by atoms with E-state index in [2.05, 4.69) is 4.98 Å². The van der Waals surface area contributed by atoms with Crippen molar-refractivity contribution in [3.8, 4) is 0 Å². The molecule has 0 aliphatic heterocycles. The van der Waals surface area contributed by atoms with Crippen molar-refractivity contribution in [2.45, 2.75) is 24.7 Å². The average Bonchev–Trinajstić information content (AvgIpc) is 2.74. The van der Waals surface area contributed by atoms with Crippen molar-refractivity contribution in [1.29, 1.82) is 0 Å². The molecule has 0 radical (unpaired) electrons. The molecule has 1 saturated carbocycles. The molecule has 2 aromatic rings. The average molecular weight is 231 g/mol. The van der Waals surface area contributed by atoms with Crippen LogP contribution in [0.4, 0.5) is 0 Å². The van der Waals surface area contributed by atoms with E-state index in [0.29, 0.717) is 0 Å². The molecule has 0 amide bonds. The Morgan fingerprint density at radius 2 is 2.29 bits per heavy atom. The maximum absolute atomic E-state index is 11.9. The van der Waals surface area contributed by atoms with Crippen molar-refractivity contribution in [2.75, 3.05) is 7.11 Å². The van der Waals surface area contributed by atoms with Gasteiger partial charge in [-0.2, -0.15) is 0 Å². The minimum atomic E-state index is -0.463. The van der Waals surface area contributed by atoms with Crippen LogP contribution in [0.2, 0.25) is 0 Å². The fourth-order valence-electron chi connectivity index (χ4n) is 2.49. The molecule has 88 valence electrons. The minimum absolute atomic E-state index is 0.150. The van der Waals surface area contributed by atoms with Crippen LogP contribution in [0.15, 0.2) is 29.0 Å². The molecular weight excluding hydrogens is 218 g/mol. The fourth-order valence-corrected chi connectivity index (χ4v) is 2.49. The Bertz CT molecular complexity index is 569. The smallest absolute Gasteiger partial charge is 0.316 e. The predicted octanol–water partition coefficient (Wildman–Crippen LogP) is 2.42. The third-order valence-corrected chi connectivity index (χ3v) is 3.67. The van der Waals surface area contributed by atoms with Gasteiger partial charge in [0.25, 0.3) is 0 Å². The van der Waals surface area contributed by atoms with E-state index in [1.54, 1.807) is 0 Å². The molecule has 0 N–H and O–H groups in total. The lowest BCUT2D eigenvalue weighted by atomic mass is 9.64. The Kier molecular flexibility index (Phi) is 2.18. The van der Waals surface area contributed by atoms with Gasteiger partial charge in [-0.1, -0.05) is 12.5 Å². The van der Waals surface area contributed by atoms with E-state index in [-0.39, 0.29) is 5.97 Å². The van der Waals surface area contributed by atoms with Crippen molar-refractivity contribution in [2.24, 2.45) is 0 Å². The molecular formula is C13H13NO3. The monoisotopic (exact) mass is 231 g/mol. The van der Waals surface area contributed by atoms with Crippen LogP contribution in [-0.4, -0.2) is 18.1 Å². The van der Waals surface area contributed by atoms with Gasteiger partial charge in [0, 0.05) is 0 Å². The number of aromatic nitrogens is 1. The first-order valence-corrected chi connectivity index (χ1v) is 5.68. The number of hydrogen-bond acceptors (Lipinski definition) is 4. The normalized spacial score (nSPS) is 17.7. The highest BCUT2D eigenvalue weighted by Crippen LogP contribution is 2.45. The zero-order valence-corrected chi connectivity index (χ0v) is 9.60. The summed E-state index contributed by atoms with van der Waals surface area (Å²) in [6.45, 7) is 0. The molecule has 1 heterocycles. The van der Waals surface area contributed by atoms with Crippen LogP contribution < -0.4 is 0 Å². The van der Waals surface area contributed by atoms with Crippen LogP contribution >= 0.6 is 0 Å². The van der Waals surface area contributed by atoms with Crippen molar-refractivity contribution in [3.63, 3.8) is 0 Å². The molecule has 4 nitrogen and oxygen atoms in total. The van der Waals surface area contributed by atoms with Crippen LogP contribution in [0.5, 0.6) is 0 Å². The van der Waals surface area contributed by atoms with Gasteiger partial charge >= 0.3 is 5.97 Å². The highest BCUT2D eigenvalue weighted by molar-refractivity contribution is 5.86. The molecule has 0 unspecified atom stereocenters. The lowest BCUT2D eigenvalue weighted by Crippen LogP contribution is -2.43. The molecule has 0 bridgehead atoms. The first-order valence-electron chi connectivity index (χ1n) is 5.68. The first kappa shape index (κ1) is 10.3. The number of methoxy groups -OCH3 is 1. The molecule has 4 heteroatoms. The van der Waals surface area contributed by atoms with Crippen LogP contribution in [0.3, 0.4) is 0 Å². The lowest BCUT2D eigenvalue weighted by Gasteiger charge is -2.39. The zero-order chi connectivity index (χ0) is 11.9. The summed E-state index contributed by atoms with van der Waals surface area (Å²) in [6.07, 6.45) is 4.17. The van der Waals surface area contributed by atoms with Crippen LogP contribution in [0, 0.1) is 0 Å². The number of benzene rings is 1. The third kappa shape index (κ3) is 1.37. The van der Waals surface area contributed by atoms with Crippen molar-refractivity contribution in [1.82, 2.24) is 4.98 Å². The van der Waals surface area contributed by atoms with Gasteiger partial charge in [-0.3, -0.25) is 4.79 Å². The zero-order valence-electron chi connectivity index (χ0n) is 9.60. The SMILES string of the molecule is COC(=O)C1(c2ccc3ncoc3c2)CCC1. The van der Waals surface area contributed by atoms with Gasteiger partial charge < -0.3 is 9.15 Å². The maximum atomic E-state index is 11.9. The second kappa shape index (κ2) is 3.58. The molecule has 1 aliphatic carbocycles. The van der Waals surface area contributed by atoms with Crippen molar-refractivity contribution < 1.29 is 13.9 Å². The number of carbonyl (C=O) groups is 1. The summed E-state index contributed by atoms with van der Waals surface area (Å²) < 4.78 is 10.2. The van der Waals surface area contributed by atoms with E-state index < -0.39 is 5.41 Å². The number of rotatable bonds is 2. The number of carbonyl (C=O) groups excluding carboxylic acids is 1. The summed E-state index contributed by atoms with van der Waals surface area (Å²) in [7, 11) is 1.44. The van der Waals surface area contributed by atoms with E-state index in [1.165, 1.54) is 13.5 Å². The number of nitrogens with zero attached hydrogens (tertiary/aromatic N) is 1. The molecule has 1 fully saturated rings. The number of hydrogen-bond donors (Lipinski definition) is 0. The number of fused-ring (bicyclic) bond motifs is 1. The molecule has 17 heavy (non-hydrogen) atoms. The molecule has 0 atom stereocenters. The summed E-state index contributed by atoms with van der Waals surface area (Å²) >= 11 is 0. The van der Waals surface area contributed by atoms with E-state index in [9.17, 15) is 4.79 Å². The highest BCUT2D eigenvalue weighted by Gasteiger charge is 2.46. The first-order chi connectivity index (χ1) is 8.26. The molecule has 0 spiro atoms. The second-order valence-electron chi connectivity index (χ2n) is 4.46. The Morgan fingerprint density at radius 1 is 1.47 bits per heavy atom. The maximum Gasteiger partial charge on any atom is 0.316 e. The van der Waals surface area contributed by atoms with Crippen molar-refractivity contribution >= 4 is 17.1 Å². The summed E-state index contributed by atoms with van der Waals surface area (Å²) in [5, 5.41) is 0. The van der Waals surface area contributed by atoms with Gasteiger partial charge in [0.2, 0.25) is 0 Å². The van der Waals surface area contributed by atoms with E-state index in [1.807, 2.05) is 18.2 Å². The van der Waals surface area contributed by atoms with Crippen LogP contribution in [-0.2, 0) is 14.9 Å². The summed E-state index contributed by atoms with van der Waals surface area (Å²) in [5.41, 5.74) is 2.04. The van der Waals surface area contributed by atoms with Gasteiger partial charge in [0.15, 0.2) is 12.0 Å². The molecule has 1 aromatic carbocycles. The Hall–Kier alpha value is -1.84. The van der Waals surface area contributed by atoms with Gasteiger partial charge in [-0.15, -0.1) is 0 Å². The van der Waals surface area contributed by atoms with E-state index in [0.717, 1.165) is 35.9 Å². The number of oxazole rings is 1. The van der Waals surface area contributed by atoms with Gasteiger partial charge in [-0.05, 0) is 30.5 Å². The number of ether oxygens (including phenoxy) is 1. The minimum Gasteiger partial charge on any atom is -0.468 e.